The topological polar surface area (TPSA) is 93.1 Å². The van der Waals surface area contributed by atoms with E-state index in [9.17, 15) is 10.1 Å². The lowest BCUT2D eigenvalue weighted by Crippen LogP contribution is -2.50. The highest BCUT2D eigenvalue weighted by atomic mass is 16.6. The van der Waals surface area contributed by atoms with Gasteiger partial charge in [-0.05, 0) is 6.07 Å². The molecule has 1 aliphatic rings. The summed E-state index contributed by atoms with van der Waals surface area (Å²) in [7, 11) is 0. The first kappa shape index (κ1) is 10.0. The number of aromatic nitrogens is 2. The van der Waals surface area contributed by atoms with E-state index in [1.165, 1.54) is 12.1 Å². The number of nitro benzene ring substituents is 1. The lowest BCUT2D eigenvalue weighted by Gasteiger charge is -2.26. The number of rotatable bonds is 3. The standard InChI is InChI=1S/C10H10N4O3/c15-14(16)6-1-2-8-9(3-6)13-10(12-8)17-7-4-11-5-7/h1-3,7,11H,4-5H2,(H,12,13). The van der Waals surface area contributed by atoms with Crippen molar-refractivity contribution in [2.75, 3.05) is 13.1 Å². The maximum absolute atomic E-state index is 10.6. The number of hydrogen-bond donors (Lipinski definition) is 2. The molecule has 17 heavy (non-hydrogen) atoms. The van der Waals surface area contributed by atoms with E-state index in [-0.39, 0.29) is 11.8 Å². The number of non-ortho nitro benzene ring substituents is 1. The zero-order chi connectivity index (χ0) is 11.8. The van der Waals surface area contributed by atoms with Crippen LogP contribution in [0.25, 0.3) is 11.0 Å². The van der Waals surface area contributed by atoms with Crippen LogP contribution in [0.3, 0.4) is 0 Å². The van der Waals surface area contributed by atoms with Gasteiger partial charge in [0.25, 0.3) is 11.7 Å². The number of nitrogens with zero attached hydrogens (tertiary/aromatic N) is 2. The predicted molar refractivity (Wildman–Crippen MR) is 60.0 cm³/mol. The minimum absolute atomic E-state index is 0.0398. The number of ether oxygens (including phenoxy) is 1. The number of nitro groups is 1. The summed E-state index contributed by atoms with van der Waals surface area (Å²) < 4.78 is 5.54. The molecule has 1 saturated heterocycles. The molecule has 0 spiro atoms. The molecule has 1 aromatic carbocycles. The van der Waals surface area contributed by atoms with Crippen LogP contribution in [0.15, 0.2) is 18.2 Å². The zero-order valence-corrected chi connectivity index (χ0v) is 8.84. The molecule has 0 amide bonds. The highest BCUT2D eigenvalue weighted by Crippen LogP contribution is 2.22. The third kappa shape index (κ3) is 1.80. The second kappa shape index (κ2) is 3.70. The lowest BCUT2D eigenvalue weighted by molar-refractivity contribution is -0.384. The first-order chi connectivity index (χ1) is 8.22. The Morgan fingerprint density at radius 2 is 2.29 bits per heavy atom. The van der Waals surface area contributed by atoms with Gasteiger partial charge < -0.3 is 15.0 Å². The number of fused-ring (bicyclic) bond motifs is 1. The molecular weight excluding hydrogens is 224 g/mol. The van der Waals surface area contributed by atoms with Gasteiger partial charge in [0, 0.05) is 25.2 Å². The fourth-order valence-corrected chi connectivity index (χ4v) is 1.65. The molecule has 2 N–H and O–H groups in total. The Morgan fingerprint density at radius 3 is 2.94 bits per heavy atom. The maximum atomic E-state index is 10.6. The van der Waals surface area contributed by atoms with Crippen molar-refractivity contribution in [1.29, 1.82) is 0 Å². The molecule has 0 atom stereocenters. The van der Waals surface area contributed by atoms with E-state index >= 15 is 0 Å². The molecule has 2 aromatic rings. The first-order valence-corrected chi connectivity index (χ1v) is 5.24. The van der Waals surface area contributed by atoms with E-state index in [0.717, 1.165) is 13.1 Å². The van der Waals surface area contributed by atoms with Crippen molar-refractivity contribution >= 4 is 16.7 Å². The third-order valence-corrected chi connectivity index (χ3v) is 2.68. The fraction of sp³-hybridized carbons (Fsp3) is 0.300. The first-order valence-electron chi connectivity index (χ1n) is 5.24. The normalized spacial score (nSPS) is 15.8. The molecule has 7 nitrogen and oxygen atoms in total. The van der Waals surface area contributed by atoms with Crippen molar-refractivity contribution < 1.29 is 9.66 Å². The Balaban J connectivity index is 1.91. The van der Waals surface area contributed by atoms with Gasteiger partial charge in [-0.15, -0.1) is 0 Å². The number of nitrogens with one attached hydrogen (secondary N) is 2. The summed E-state index contributed by atoms with van der Waals surface area (Å²) in [5, 5.41) is 13.7. The van der Waals surface area contributed by atoms with E-state index < -0.39 is 4.92 Å². The number of aromatic amines is 1. The average molecular weight is 234 g/mol. The predicted octanol–water partition coefficient (Wildman–Crippen LogP) is 0.822. The summed E-state index contributed by atoms with van der Waals surface area (Å²) in [6.45, 7) is 1.61. The van der Waals surface area contributed by atoms with E-state index in [2.05, 4.69) is 15.3 Å². The molecule has 1 fully saturated rings. The van der Waals surface area contributed by atoms with Crippen LogP contribution in [0.2, 0.25) is 0 Å². The van der Waals surface area contributed by atoms with Crippen LogP contribution < -0.4 is 10.1 Å². The fourth-order valence-electron chi connectivity index (χ4n) is 1.65. The van der Waals surface area contributed by atoms with E-state index in [1.54, 1.807) is 6.07 Å². The Kier molecular flexibility index (Phi) is 2.19. The van der Waals surface area contributed by atoms with Crippen LogP contribution in [0.5, 0.6) is 6.01 Å². The Labute approximate surface area is 95.9 Å². The Hall–Kier alpha value is -2.15. The van der Waals surface area contributed by atoms with E-state index in [1.807, 2.05) is 0 Å². The highest BCUT2D eigenvalue weighted by Gasteiger charge is 2.20. The molecule has 0 bridgehead atoms. The van der Waals surface area contributed by atoms with Crippen LogP contribution >= 0.6 is 0 Å². The summed E-state index contributed by atoms with van der Waals surface area (Å²) >= 11 is 0. The molecule has 0 saturated carbocycles. The molecule has 1 aromatic heterocycles. The van der Waals surface area contributed by atoms with Crippen LogP contribution in [-0.2, 0) is 0 Å². The van der Waals surface area contributed by atoms with E-state index in [4.69, 9.17) is 4.74 Å². The summed E-state index contributed by atoms with van der Waals surface area (Å²) in [5.41, 5.74) is 1.32. The lowest BCUT2D eigenvalue weighted by atomic mass is 10.2. The van der Waals surface area contributed by atoms with Crippen molar-refractivity contribution in [3.05, 3.63) is 28.3 Å². The largest absolute Gasteiger partial charge is 0.459 e. The van der Waals surface area contributed by atoms with Gasteiger partial charge in [0.1, 0.15) is 6.10 Å². The maximum Gasteiger partial charge on any atom is 0.294 e. The molecule has 3 rings (SSSR count). The third-order valence-electron chi connectivity index (χ3n) is 2.68. The van der Waals surface area contributed by atoms with Gasteiger partial charge in [-0.25, -0.2) is 0 Å². The second-order valence-electron chi connectivity index (χ2n) is 3.90. The number of H-pyrrole nitrogens is 1. The molecule has 88 valence electrons. The van der Waals surface area contributed by atoms with Gasteiger partial charge in [0.05, 0.1) is 16.0 Å². The van der Waals surface area contributed by atoms with Crippen molar-refractivity contribution in [3.63, 3.8) is 0 Å². The highest BCUT2D eigenvalue weighted by molar-refractivity contribution is 5.78. The zero-order valence-electron chi connectivity index (χ0n) is 8.84. The molecule has 7 heteroatoms. The minimum Gasteiger partial charge on any atom is -0.459 e. The smallest absolute Gasteiger partial charge is 0.294 e. The van der Waals surface area contributed by atoms with Gasteiger partial charge in [-0.3, -0.25) is 10.1 Å². The Bertz CT molecular complexity index is 576. The molecule has 2 heterocycles. The Morgan fingerprint density at radius 1 is 1.47 bits per heavy atom. The van der Waals surface area contributed by atoms with Gasteiger partial charge in [0.15, 0.2) is 0 Å². The summed E-state index contributed by atoms with van der Waals surface area (Å²) in [6.07, 6.45) is 0.130. The number of imidazole rings is 1. The molecule has 1 aliphatic heterocycles. The van der Waals surface area contributed by atoms with Crippen LogP contribution in [0.4, 0.5) is 5.69 Å². The average Bonchev–Trinajstić information content (AvgIpc) is 2.64. The molecule has 0 unspecified atom stereocenters. The summed E-state index contributed by atoms with van der Waals surface area (Å²) in [6, 6.07) is 4.90. The van der Waals surface area contributed by atoms with Crippen molar-refractivity contribution in [2.45, 2.75) is 6.10 Å². The molecule has 0 radical (unpaired) electrons. The van der Waals surface area contributed by atoms with Gasteiger partial charge in [-0.1, -0.05) is 0 Å². The SMILES string of the molecule is O=[N+]([O-])c1ccc2nc(OC3CNC3)[nH]c2c1. The summed E-state index contributed by atoms with van der Waals surface area (Å²) in [5.74, 6) is 0. The van der Waals surface area contributed by atoms with Crippen molar-refractivity contribution in [1.82, 2.24) is 15.3 Å². The molecular formula is C10H10N4O3. The van der Waals surface area contributed by atoms with Gasteiger partial charge in [0.2, 0.25) is 0 Å². The van der Waals surface area contributed by atoms with Crippen molar-refractivity contribution in [3.8, 4) is 6.01 Å². The quantitative estimate of drug-likeness (QED) is 0.605. The number of benzene rings is 1. The minimum atomic E-state index is -0.434. The van der Waals surface area contributed by atoms with Crippen LogP contribution in [0.1, 0.15) is 0 Å². The monoisotopic (exact) mass is 234 g/mol. The van der Waals surface area contributed by atoms with Gasteiger partial charge in [-0.2, -0.15) is 4.98 Å². The van der Waals surface area contributed by atoms with E-state index in [0.29, 0.717) is 17.0 Å². The van der Waals surface area contributed by atoms with Crippen LogP contribution in [-0.4, -0.2) is 34.1 Å². The number of hydrogen-bond acceptors (Lipinski definition) is 5. The summed E-state index contributed by atoms with van der Waals surface area (Å²) in [4.78, 5) is 17.3. The van der Waals surface area contributed by atoms with Crippen molar-refractivity contribution in [2.24, 2.45) is 0 Å². The second-order valence-corrected chi connectivity index (χ2v) is 3.90. The molecule has 0 aliphatic carbocycles. The van der Waals surface area contributed by atoms with Gasteiger partial charge >= 0.3 is 0 Å². The van der Waals surface area contributed by atoms with Crippen LogP contribution in [0, 0.1) is 10.1 Å².